The molecule has 0 aromatic heterocycles. The van der Waals surface area contributed by atoms with E-state index in [2.05, 4.69) is 36.1 Å². The number of hydrogen-bond donors (Lipinski definition) is 1. The van der Waals surface area contributed by atoms with Crippen LogP contribution in [-0.2, 0) is 4.79 Å². The fourth-order valence-corrected chi connectivity index (χ4v) is 3.27. The first-order valence-corrected chi connectivity index (χ1v) is 7.72. The van der Waals surface area contributed by atoms with Crippen LogP contribution in [0.15, 0.2) is 30.3 Å². The molecule has 0 saturated heterocycles. The molecular weight excluding hydrogens is 250 g/mol. The van der Waals surface area contributed by atoms with E-state index in [9.17, 15) is 4.79 Å². The van der Waals surface area contributed by atoms with E-state index < -0.39 is 5.97 Å². The lowest BCUT2D eigenvalue weighted by molar-refractivity contribution is -0.137. The van der Waals surface area contributed by atoms with Crippen molar-refractivity contribution in [2.45, 2.75) is 51.5 Å². The van der Waals surface area contributed by atoms with Crippen molar-refractivity contribution in [3.63, 3.8) is 0 Å². The molecule has 1 aliphatic carbocycles. The van der Waals surface area contributed by atoms with Crippen molar-refractivity contribution in [2.24, 2.45) is 5.92 Å². The lowest BCUT2D eigenvalue weighted by Gasteiger charge is -2.40. The first-order valence-electron chi connectivity index (χ1n) is 7.72. The summed E-state index contributed by atoms with van der Waals surface area (Å²) in [7, 11) is 0. The molecule has 3 nitrogen and oxygen atoms in total. The van der Waals surface area contributed by atoms with E-state index >= 15 is 0 Å². The van der Waals surface area contributed by atoms with Crippen LogP contribution in [0.1, 0.15) is 45.4 Å². The Kier molecular flexibility index (Phi) is 5.45. The molecule has 0 bridgehead atoms. The third kappa shape index (κ3) is 3.99. The Morgan fingerprint density at radius 3 is 2.60 bits per heavy atom. The Morgan fingerprint density at radius 1 is 1.25 bits per heavy atom. The average Bonchev–Trinajstić information content (AvgIpc) is 2.45. The molecule has 1 fully saturated rings. The maximum Gasteiger partial charge on any atom is 0.303 e. The number of aliphatic carboxylic acids is 1. The highest BCUT2D eigenvalue weighted by Gasteiger charge is 2.27. The Morgan fingerprint density at radius 2 is 1.95 bits per heavy atom. The lowest BCUT2D eigenvalue weighted by Crippen LogP contribution is -2.42. The maximum atomic E-state index is 10.7. The van der Waals surface area contributed by atoms with Crippen molar-refractivity contribution in [3.8, 4) is 0 Å². The molecule has 2 unspecified atom stereocenters. The minimum Gasteiger partial charge on any atom is -0.481 e. The molecule has 3 heteroatoms. The highest BCUT2D eigenvalue weighted by atomic mass is 16.4. The molecule has 20 heavy (non-hydrogen) atoms. The van der Waals surface area contributed by atoms with E-state index in [4.69, 9.17) is 5.11 Å². The maximum absolute atomic E-state index is 10.7. The molecule has 1 N–H and O–H groups in total. The summed E-state index contributed by atoms with van der Waals surface area (Å²) in [5, 5.41) is 8.84. The normalized spacial score (nSPS) is 22.4. The van der Waals surface area contributed by atoms with Gasteiger partial charge >= 0.3 is 5.97 Å². The van der Waals surface area contributed by atoms with Gasteiger partial charge in [0.1, 0.15) is 0 Å². The van der Waals surface area contributed by atoms with Gasteiger partial charge < -0.3 is 10.0 Å². The molecule has 1 aromatic carbocycles. The van der Waals surface area contributed by atoms with Crippen molar-refractivity contribution < 1.29 is 9.90 Å². The predicted octanol–water partition coefficient (Wildman–Crippen LogP) is 3.94. The first-order chi connectivity index (χ1) is 9.68. The van der Waals surface area contributed by atoms with Crippen LogP contribution in [0.2, 0.25) is 0 Å². The minimum absolute atomic E-state index is 0.254. The number of anilines is 1. The Hall–Kier alpha value is -1.51. The van der Waals surface area contributed by atoms with Gasteiger partial charge in [-0.2, -0.15) is 0 Å². The zero-order chi connectivity index (χ0) is 14.4. The van der Waals surface area contributed by atoms with Crippen LogP contribution in [0.4, 0.5) is 5.69 Å². The Bertz CT molecular complexity index is 418. The molecule has 0 spiro atoms. The molecule has 0 aliphatic heterocycles. The molecule has 0 amide bonds. The quantitative estimate of drug-likeness (QED) is 0.855. The predicted molar refractivity (Wildman–Crippen MR) is 82.1 cm³/mol. The zero-order valence-electron chi connectivity index (χ0n) is 12.3. The van der Waals surface area contributed by atoms with Crippen LogP contribution in [-0.4, -0.2) is 23.7 Å². The highest BCUT2D eigenvalue weighted by molar-refractivity contribution is 5.66. The molecule has 1 aliphatic rings. The number of hydrogen-bond acceptors (Lipinski definition) is 2. The summed E-state index contributed by atoms with van der Waals surface area (Å²) in [4.78, 5) is 13.2. The standard InChI is InChI=1S/C17H25NO2/c1-14-8-5-6-11-16(14)18(13-7-12-17(19)20)15-9-3-2-4-10-15/h2-4,9-10,14,16H,5-8,11-13H2,1H3,(H,19,20). The van der Waals surface area contributed by atoms with E-state index in [0.29, 0.717) is 18.4 Å². The van der Waals surface area contributed by atoms with Gasteiger partial charge in [0.15, 0.2) is 0 Å². The second-order valence-electron chi connectivity index (χ2n) is 5.86. The Balaban J connectivity index is 2.08. The zero-order valence-corrected chi connectivity index (χ0v) is 12.3. The van der Waals surface area contributed by atoms with Gasteiger partial charge in [-0.3, -0.25) is 4.79 Å². The third-order valence-corrected chi connectivity index (χ3v) is 4.34. The average molecular weight is 275 g/mol. The number of carbonyl (C=O) groups is 1. The molecule has 0 heterocycles. The summed E-state index contributed by atoms with van der Waals surface area (Å²) in [5.74, 6) is -0.0107. The van der Waals surface area contributed by atoms with E-state index in [1.54, 1.807) is 0 Å². The monoisotopic (exact) mass is 275 g/mol. The number of carboxylic acids is 1. The van der Waals surface area contributed by atoms with Crippen LogP contribution in [0, 0.1) is 5.92 Å². The number of para-hydroxylation sites is 1. The molecule has 1 saturated carbocycles. The van der Waals surface area contributed by atoms with Crippen LogP contribution >= 0.6 is 0 Å². The molecule has 2 rings (SSSR count). The SMILES string of the molecule is CC1CCCCC1N(CCCC(=O)O)c1ccccc1. The van der Waals surface area contributed by atoms with Crippen molar-refractivity contribution >= 4 is 11.7 Å². The highest BCUT2D eigenvalue weighted by Crippen LogP contribution is 2.31. The number of carboxylic acid groups (broad SMARTS) is 1. The third-order valence-electron chi connectivity index (χ3n) is 4.34. The van der Waals surface area contributed by atoms with Crippen LogP contribution in [0.3, 0.4) is 0 Å². The Labute approximate surface area is 121 Å². The largest absolute Gasteiger partial charge is 0.481 e. The molecule has 110 valence electrons. The molecule has 2 atom stereocenters. The van der Waals surface area contributed by atoms with Gasteiger partial charge in [-0.1, -0.05) is 38.0 Å². The number of benzene rings is 1. The van der Waals surface area contributed by atoms with Gasteiger partial charge in [0, 0.05) is 24.7 Å². The van der Waals surface area contributed by atoms with Gasteiger partial charge in [0.2, 0.25) is 0 Å². The van der Waals surface area contributed by atoms with Crippen molar-refractivity contribution in [2.75, 3.05) is 11.4 Å². The smallest absolute Gasteiger partial charge is 0.303 e. The number of nitrogens with zero attached hydrogens (tertiary/aromatic N) is 1. The van der Waals surface area contributed by atoms with Crippen molar-refractivity contribution in [1.29, 1.82) is 0 Å². The summed E-state index contributed by atoms with van der Waals surface area (Å²) in [6, 6.07) is 11.0. The van der Waals surface area contributed by atoms with E-state index in [-0.39, 0.29) is 6.42 Å². The van der Waals surface area contributed by atoms with Crippen molar-refractivity contribution in [3.05, 3.63) is 30.3 Å². The first kappa shape index (κ1) is 14.9. The number of rotatable bonds is 6. The summed E-state index contributed by atoms with van der Waals surface area (Å²) >= 11 is 0. The van der Waals surface area contributed by atoms with Gasteiger partial charge in [-0.25, -0.2) is 0 Å². The van der Waals surface area contributed by atoms with Gasteiger partial charge in [-0.05, 0) is 37.3 Å². The second kappa shape index (κ2) is 7.32. The van der Waals surface area contributed by atoms with E-state index in [1.165, 1.54) is 31.4 Å². The van der Waals surface area contributed by atoms with Gasteiger partial charge in [0.25, 0.3) is 0 Å². The van der Waals surface area contributed by atoms with E-state index in [0.717, 1.165) is 6.54 Å². The second-order valence-corrected chi connectivity index (χ2v) is 5.86. The van der Waals surface area contributed by atoms with E-state index in [1.807, 2.05) is 6.07 Å². The summed E-state index contributed by atoms with van der Waals surface area (Å²) in [6.07, 6.45) is 6.10. The van der Waals surface area contributed by atoms with Crippen LogP contribution in [0.25, 0.3) is 0 Å². The summed E-state index contributed by atoms with van der Waals surface area (Å²) < 4.78 is 0. The van der Waals surface area contributed by atoms with Crippen molar-refractivity contribution in [1.82, 2.24) is 0 Å². The van der Waals surface area contributed by atoms with Crippen LogP contribution in [0.5, 0.6) is 0 Å². The molecule has 0 radical (unpaired) electrons. The fraction of sp³-hybridized carbons (Fsp3) is 0.588. The summed E-state index contributed by atoms with van der Waals surface area (Å²) in [5.41, 5.74) is 1.23. The molecular formula is C17H25NO2. The minimum atomic E-state index is -0.699. The topological polar surface area (TPSA) is 40.5 Å². The van der Waals surface area contributed by atoms with Gasteiger partial charge in [0.05, 0.1) is 0 Å². The summed E-state index contributed by atoms with van der Waals surface area (Å²) in [6.45, 7) is 3.17. The van der Waals surface area contributed by atoms with Crippen LogP contribution < -0.4 is 4.90 Å². The molecule has 1 aromatic rings. The lowest BCUT2D eigenvalue weighted by atomic mass is 9.84. The van der Waals surface area contributed by atoms with Gasteiger partial charge in [-0.15, -0.1) is 0 Å². The fourth-order valence-electron chi connectivity index (χ4n) is 3.27.